The summed E-state index contributed by atoms with van der Waals surface area (Å²) in [5.74, 6) is 0.307. The number of likely N-dealkylation sites (tertiary alicyclic amines) is 1. The first-order valence-corrected chi connectivity index (χ1v) is 8.64. The maximum atomic E-state index is 12.2. The maximum Gasteiger partial charge on any atom is 0.254 e. The highest BCUT2D eigenvalue weighted by molar-refractivity contribution is 5.93. The molecular weight excluding hydrogens is 318 g/mol. The molecule has 7 heteroatoms. The lowest BCUT2D eigenvalue weighted by Crippen LogP contribution is -2.45. The summed E-state index contributed by atoms with van der Waals surface area (Å²) in [7, 11) is 0. The Hall–Kier alpha value is -2.38. The summed E-state index contributed by atoms with van der Waals surface area (Å²) in [5, 5.41) is 12.3. The van der Waals surface area contributed by atoms with Crippen LogP contribution in [0.15, 0.2) is 36.8 Å². The average Bonchev–Trinajstić information content (AvgIpc) is 2.69. The predicted octanol–water partition coefficient (Wildman–Crippen LogP) is 1.12. The van der Waals surface area contributed by atoms with Gasteiger partial charge in [-0.1, -0.05) is 12.5 Å². The zero-order valence-corrected chi connectivity index (χ0v) is 14.1. The molecule has 3 rings (SSSR count). The quantitative estimate of drug-likeness (QED) is 0.818. The third kappa shape index (κ3) is 4.58. The molecule has 0 unspecified atom stereocenters. The lowest BCUT2D eigenvalue weighted by atomic mass is 10.0. The minimum Gasteiger partial charge on any atom is -0.395 e. The summed E-state index contributed by atoms with van der Waals surface area (Å²) < 4.78 is 0. The summed E-state index contributed by atoms with van der Waals surface area (Å²) >= 11 is 0. The van der Waals surface area contributed by atoms with Crippen LogP contribution in [0.2, 0.25) is 0 Å². The van der Waals surface area contributed by atoms with E-state index in [1.807, 2.05) is 18.2 Å². The van der Waals surface area contributed by atoms with Crippen LogP contribution < -0.4 is 5.32 Å². The number of rotatable bonds is 6. The molecule has 1 aliphatic heterocycles. The first-order valence-electron chi connectivity index (χ1n) is 8.64. The van der Waals surface area contributed by atoms with Crippen LogP contribution in [-0.4, -0.2) is 63.1 Å². The molecule has 1 saturated heterocycles. The smallest absolute Gasteiger partial charge is 0.254 e. The molecule has 0 aliphatic carbocycles. The number of hydrogen-bond donors (Lipinski definition) is 2. The molecule has 0 bridgehead atoms. The monoisotopic (exact) mass is 341 g/mol. The minimum absolute atomic E-state index is 0.177. The third-order valence-electron chi connectivity index (χ3n) is 4.45. The van der Waals surface area contributed by atoms with E-state index in [9.17, 15) is 9.90 Å². The Kier molecular flexibility index (Phi) is 6.03. The Morgan fingerprint density at radius 3 is 2.80 bits per heavy atom. The van der Waals surface area contributed by atoms with Crippen molar-refractivity contribution in [2.45, 2.75) is 25.3 Å². The van der Waals surface area contributed by atoms with Crippen molar-refractivity contribution in [3.8, 4) is 11.5 Å². The number of aliphatic hydroxyl groups excluding tert-OH is 1. The van der Waals surface area contributed by atoms with Gasteiger partial charge in [-0.05, 0) is 31.5 Å². The Labute approximate surface area is 147 Å². The van der Waals surface area contributed by atoms with Gasteiger partial charge in [-0.25, -0.2) is 9.97 Å². The van der Waals surface area contributed by atoms with Gasteiger partial charge in [-0.15, -0.1) is 0 Å². The second kappa shape index (κ2) is 8.64. The first kappa shape index (κ1) is 17.4. The van der Waals surface area contributed by atoms with Gasteiger partial charge < -0.3 is 10.4 Å². The van der Waals surface area contributed by atoms with E-state index in [0.29, 0.717) is 23.6 Å². The van der Waals surface area contributed by atoms with Crippen molar-refractivity contribution in [1.29, 1.82) is 0 Å². The van der Waals surface area contributed by atoms with Crippen molar-refractivity contribution in [3.63, 3.8) is 0 Å². The molecule has 0 spiro atoms. The standard InChI is InChI=1S/C18H23N5O2/c24-13-15-5-2-4-9-23(15)10-8-20-18(25)14-11-21-17(22-12-14)16-6-1-3-7-19-16/h1,3,6-7,11-12,15,24H,2,4-5,8-10,13H2,(H,20,25)/t15-/m0/s1. The summed E-state index contributed by atoms with van der Waals surface area (Å²) in [5.41, 5.74) is 1.10. The topological polar surface area (TPSA) is 91.2 Å². The highest BCUT2D eigenvalue weighted by Crippen LogP contribution is 2.15. The molecule has 3 heterocycles. The average molecular weight is 341 g/mol. The number of aliphatic hydroxyl groups is 1. The Morgan fingerprint density at radius 1 is 1.24 bits per heavy atom. The van der Waals surface area contributed by atoms with Crippen molar-refractivity contribution in [3.05, 3.63) is 42.4 Å². The van der Waals surface area contributed by atoms with E-state index in [1.165, 1.54) is 12.4 Å². The van der Waals surface area contributed by atoms with Gasteiger partial charge in [0.25, 0.3) is 5.91 Å². The normalized spacial score (nSPS) is 18.0. The molecule has 0 radical (unpaired) electrons. The fourth-order valence-corrected chi connectivity index (χ4v) is 3.05. The van der Waals surface area contributed by atoms with Crippen LogP contribution in [0.3, 0.4) is 0 Å². The first-order chi connectivity index (χ1) is 12.3. The van der Waals surface area contributed by atoms with Crippen LogP contribution in [0.5, 0.6) is 0 Å². The summed E-state index contributed by atoms with van der Waals surface area (Å²) in [6.45, 7) is 2.43. The van der Waals surface area contributed by atoms with Crippen molar-refractivity contribution in [2.75, 3.05) is 26.2 Å². The minimum atomic E-state index is -0.190. The van der Waals surface area contributed by atoms with E-state index in [0.717, 1.165) is 32.4 Å². The summed E-state index contributed by atoms with van der Waals surface area (Å²) in [6.07, 6.45) is 8.04. The molecule has 0 aromatic carbocycles. The number of carbonyl (C=O) groups excluding carboxylic acids is 1. The lowest BCUT2D eigenvalue weighted by Gasteiger charge is -2.34. The van der Waals surface area contributed by atoms with Crippen LogP contribution in [0, 0.1) is 0 Å². The Morgan fingerprint density at radius 2 is 2.08 bits per heavy atom. The van der Waals surface area contributed by atoms with Gasteiger partial charge in [0, 0.05) is 37.7 Å². The van der Waals surface area contributed by atoms with Gasteiger partial charge >= 0.3 is 0 Å². The molecule has 1 aliphatic rings. The number of carbonyl (C=O) groups is 1. The molecule has 2 aromatic rings. The third-order valence-corrected chi connectivity index (χ3v) is 4.45. The van der Waals surface area contributed by atoms with Gasteiger partial charge in [0.1, 0.15) is 5.69 Å². The number of amides is 1. The Bertz CT molecular complexity index is 678. The van der Waals surface area contributed by atoms with Gasteiger partial charge in [0.2, 0.25) is 0 Å². The van der Waals surface area contributed by atoms with Crippen molar-refractivity contribution in [2.24, 2.45) is 0 Å². The summed E-state index contributed by atoms with van der Waals surface area (Å²) in [4.78, 5) is 27.1. The number of nitrogens with one attached hydrogen (secondary N) is 1. The van der Waals surface area contributed by atoms with E-state index < -0.39 is 0 Å². The highest BCUT2D eigenvalue weighted by Gasteiger charge is 2.21. The summed E-state index contributed by atoms with van der Waals surface area (Å²) in [6, 6.07) is 5.74. The highest BCUT2D eigenvalue weighted by atomic mass is 16.3. The zero-order chi connectivity index (χ0) is 17.5. The molecule has 1 fully saturated rings. The second-order valence-corrected chi connectivity index (χ2v) is 6.13. The van der Waals surface area contributed by atoms with E-state index in [4.69, 9.17) is 0 Å². The molecule has 1 amide bonds. The van der Waals surface area contributed by atoms with Crippen LogP contribution in [-0.2, 0) is 0 Å². The van der Waals surface area contributed by atoms with E-state index in [2.05, 4.69) is 25.2 Å². The second-order valence-electron chi connectivity index (χ2n) is 6.13. The molecular formula is C18H23N5O2. The van der Waals surface area contributed by atoms with E-state index in [1.54, 1.807) is 6.20 Å². The van der Waals surface area contributed by atoms with Crippen molar-refractivity contribution < 1.29 is 9.90 Å². The van der Waals surface area contributed by atoms with Crippen LogP contribution in [0.1, 0.15) is 29.6 Å². The fourth-order valence-electron chi connectivity index (χ4n) is 3.05. The number of pyridine rings is 1. The lowest BCUT2D eigenvalue weighted by molar-refractivity contribution is 0.0849. The van der Waals surface area contributed by atoms with Gasteiger partial charge in [-0.3, -0.25) is 14.7 Å². The number of nitrogens with zero attached hydrogens (tertiary/aromatic N) is 4. The molecule has 25 heavy (non-hydrogen) atoms. The van der Waals surface area contributed by atoms with Crippen molar-refractivity contribution >= 4 is 5.91 Å². The number of hydrogen-bond acceptors (Lipinski definition) is 6. The molecule has 7 nitrogen and oxygen atoms in total. The maximum absolute atomic E-state index is 12.2. The van der Waals surface area contributed by atoms with Crippen molar-refractivity contribution in [1.82, 2.24) is 25.2 Å². The molecule has 0 saturated carbocycles. The van der Waals surface area contributed by atoms with Crippen LogP contribution in [0.25, 0.3) is 11.5 Å². The zero-order valence-electron chi connectivity index (χ0n) is 14.1. The SMILES string of the molecule is O=C(NCCN1CCCC[C@H]1CO)c1cnc(-c2ccccn2)nc1. The number of piperidine rings is 1. The van der Waals surface area contributed by atoms with Gasteiger partial charge in [0.15, 0.2) is 5.82 Å². The fraction of sp³-hybridized carbons (Fsp3) is 0.444. The largest absolute Gasteiger partial charge is 0.395 e. The van der Waals surface area contributed by atoms with E-state index in [-0.39, 0.29) is 18.6 Å². The van der Waals surface area contributed by atoms with Gasteiger partial charge in [0.05, 0.1) is 12.2 Å². The predicted molar refractivity (Wildman–Crippen MR) is 93.9 cm³/mol. The molecule has 2 N–H and O–H groups in total. The number of aromatic nitrogens is 3. The van der Waals surface area contributed by atoms with Crippen LogP contribution >= 0.6 is 0 Å². The molecule has 2 aromatic heterocycles. The van der Waals surface area contributed by atoms with Gasteiger partial charge in [-0.2, -0.15) is 0 Å². The van der Waals surface area contributed by atoms with Crippen LogP contribution in [0.4, 0.5) is 0 Å². The molecule has 1 atom stereocenters. The molecule has 132 valence electrons. The van der Waals surface area contributed by atoms with E-state index >= 15 is 0 Å². The Balaban J connectivity index is 1.51.